The van der Waals surface area contributed by atoms with E-state index < -0.39 is 0 Å². The molecule has 5 heteroatoms. The number of amides is 1. The molecule has 0 aromatic heterocycles. The Labute approximate surface area is 167 Å². The third kappa shape index (κ3) is 3.61. The molecule has 0 saturated carbocycles. The van der Waals surface area contributed by atoms with Crippen molar-refractivity contribution in [2.45, 2.75) is 6.61 Å². The van der Waals surface area contributed by atoms with Crippen LogP contribution in [0.15, 0.2) is 71.6 Å². The maximum Gasteiger partial charge on any atom is 0.265 e. The number of benzene rings is 3. The Hall–Kier alpha value is -2.63. The van der Waals surface area contributed by atoms with Gasteiger partial charge in [0.2, 0.25) is 0 Å². The Kier molecular flexibility index (Phi) is 4.97. The van der Waals surface area contributed by atoms with Gasteiger partial charge in [0.05, 0.1) is 4.91 Å². The molecule has 4 rings (SSSR count). The van der Waals surface area contributed by atoms with Crippen LogP contribution in [0, 0.1) is 0 Å². The molecule has 3 aromatic rings. The zero-order valence-electron chi connectivity index (χ0n) is 14.7. The highest BCUT2D eigenvalue weighted by Gasteiger charge is 2.28. The lowest BCUT2D eigenvalue weighted by atomic mass is 10.1. The van der Waals surface area contributed by atoms with E-state index in [1.54, 1.807) is 7.05 Å². The number of hydrogen-bond donors (Lipinski definition) is 0. The van der Waals surface area contributed by atoms with Crippen molar-refractivity contribution in [3.8, 4) is 5.75 Å². The number of thioether (sulfide) groups is 1. The summed E-state index contributed by atoms with van der Waals surface area (Å²) in [6.45, 7) is 0.459. The van der Waals surface area contributed by atoms with Gasteiger partial charge in [-0.25, -0.2) is 0 Å². The largest absolute Gasteiger partial charge is 0.488 e. The number of nitrogens with zero attached hydrogens (tertiary/aromatic N) is 1. The topological polar surface area (TPSA) is 29.5 Å². The Bertz CT molecular complexity index is 1070. The fourth-order valence-corrected chi connectivity index (χ4v) is 4.16. The third-order valence-electron chi connectivity index (χ3n) is 4.46. The quantitative estimate of drug-likeness (QED) is 0.449. The first-order valence-corrected chi connectivity index (χ1v) is 9.76. The normalized spacial score (nSPS) is 15.7. The lowest BCUT2D eigenvalue weighted by Gasteiger charge is -2.11. The number of fused-ring (bicyclic) bond motifs is 1. The van der Waals surface area contributed by atoms with Gasteiger partial charge in [0.25, 0.3) is 5.91 Å². The Balaban J connectivity index is 1.61. The summed E-state index contributed by atoms with van der Waals surface area (Å²) in [4.78, 5) is 14.4. The molecular formula is C22H17NO2S2. The van der Waals surface area contributed by atoms with E-state index in [4.69, 9.17) is 17.0 Å². The molecule has 1 heterocycles. The molecule has 3 nitrogen and oxygen atoms in total. The number of carbonyl (C=O) groups excluding carboxylic acids is 1. The Morgan fingerprint density at radius 3 is 2.59 bits per heavy atom. The molecule has 1 saturated heterocycles. The van der Waals surface area contributed by atoms with Crippen LogP contribution < -0.4 is 4.74 Å². The first kappa shape index (κ1) is 17.8. The average molecular weight is 392 g/mol. The fraction of sp³-hybridized carbons (Fsp3) is 0.0909. The highest BCUT2D eigenvalue weighted by atomic mass is 32.2. The van der Waals surface area contributed by atoms with Crippen molar-refractivity contribution in [2.75, 3.05) is 7.05 Å². The Morgan fingerprint density at radius 2 is 1.78 bits per heavy atom. The second kappa shape index (κ2) is 7.55. The maximum absolute atomic E-state index is 12.3. The minimum absolute atomic E-state index is 0.0751. The highest BCUT2D eigenvalue weighted by Crippen LogP contribution is 2.33. The molecule has 1 fully saturated rings. The molecular weight excluding hydrogens is 374 g/mol. The Morgan fingerprint density at radius 1 is 1.04 bits per heavy atom. The summed E-state index contributed by atoms with van der Waals surface area (Å²) in [6.07, 6.45) is 1.85. The van der Waals surface area contributed by atoms with E-state index in [0.717, 1.165) is 16.9 Å². The maximum atomic E-state index is 12.3. The third-order valence-corrected chi connectivity index (χ3v) is 5.94. The summed E-state index contributed by atoms with van der Waals surface area (Å²) in [5.74, 6) is 0.667. The highest BCUT2D eigenvalue weighted by molar-refractivity contribution is 8.26. The van der Waals surface area contributed by atoms with E-state index in [-0.39, 0.29) is 5.91 Å². The summed E-state index contributed by atoms with van der Waals surface area (Å²) in [7, 11) is 1.70. The zero-order chi connectivity index (χ0) is 18.8. The van der Waals surface area contributed by atoms with Crippen molar-refractivity contribution in [1.29, 1.82) is 0 Å². The second-order valence-electron chi connectivity index (χ2n) is 6.21. The predicted molar refractivity (Wildman–Crippen MR) is 116 cm³/mol. The molecule has 0 spiro atoms. The van der Waals surface area contributed by atoms with E-state index >= 15 is 0 Å². The van der Waals surface area contributed by atoms with E-state index in [1.165, 1.54) is 27.4 Å². The molecule has 0 atom stereocenters. The van der Waals surface area contributed by atoms with Crippen molar-refractivity contribution in [3.05, 3.63) is 82.8 Å². The minimum Gasteiger partial charge on any atom is -0.488 e. The van der Waals surface area contributed by atoms with Gasteiger partial charge in [-0.1, -0.05) is 84.6 Å². The lowest BCUT2D eigenvalue weighted by Crippen LogP contribution is -2.22. The van der Waals surface area contributed by atoms with E-state index in [0.29, 0.717) is 15.8 Å². The molecule has 0 radical (unpaired) electrons. The summed E-state index contributed by atoms with van der Waals surface area (Å²) in [5.41, 5.74) is 1.99. The molecule has 134 valence electrons. The number of carbonyl (C=O) groups is 1. The van der Waals surface area contributed by atoms with Gasteiger partial charge in [-0.2, -0.15) is 0 Å². The second-order valence-corrected chi connectivity index (χ2v) is 7.88. The van der Waals surface area contributed by atoms with Gasteiger partial charge in [0.15, 0.2) is 0 Å². The van der Waals surface area contributed by atoms with Crippen molar-refractivity contribution in [2.24, 2.45) is 0 Å². The standard InChI is InChI=1S/C22H17NO2S2/c1-23-21(24)20(27-22(23)26)13-16-8-3-5-12-19(16)25-14-17-10-6-9-15-7-2-4-11-18(15)17/h2-13H,14H2,1H3/b20-13+. The predicted octanol–water partition coefficient (Wildman–Crippen LogP) is 5.25. The van der Waals surface area contributed by atoms with E-state index in [1.807, 2.05) is 48.5 Å². The monoisotopic (exact) mass is 391 g/mol. The van der Waals surface area contributed by atoms with Gasteiger partial charge >= 0.3 is 0 Å². The van der Waals surface area contributed by atoms with Crippen LogP contribution in [0.1, 0.15) is 11.1 Å². The van der Waals surface area contributed by atoms with Crippen molar-refractivity contribution in [1.82, 2.24) is 4.90 Å². The van der Waals surface area contributed by atoms with Crippen LogP contribution >= 0.6 is 24.0 Å². The van der Waals surface area contributed by atoms with Crippen LogP contribution in [0.5, 0.6) is 5.75 Å². The SMILES string of the molecule is CN1C(=O)/C(=C\c2ccccc2OCc2cccc3ccccc23)SC1=S. The van der Waals surface area contributed by atoms with Gasteiger partial charge in [-0.3, -0.25) is 9.69 Å². The van der Waals surface area contributed by atoms with Crippen LogP contribution in [-0.2, 0) is 11.4 Å². The molecule has 0 bridgehead atoms. The van der Waals surface area contributed by atoms with Gasteiger partial charge in [0, 0.05) is 12.6 Å². The van der Waals surface area contributed by atoms with E-state index in [2.05, 4.69) is 24.3 Å². The number of hydrogen-bond acceptors (Lipinski definition) is 4. The minimum atomic E-state index is -0.0751. The number of ether oxygens (including phenoxy) is 1. The molecule has 1 aliphatic heterocycles. The molecule has 27 heavy (non-hydrogen) atoms. The van der Waals surface area contributed by atoms with Crippen molar-refractivity contribution < 1.29 is 9.53 Å². The van der Waals surface area contributed by atoms with Crippen LogP contribution in [0.3, 0.4) is 0 Å². The summed E-state index contributed by atoms with van der Waals surface area (Å²) in [6, 6.07) is 22.2. The fourth-order valence-electron chi connectivity index (χ4n) is 2.99. The van der Waals surface area contributed by atoms with Crippen LogP contribution in [0.4, 0.5) is 0 Å². The van der Waals surface area contributed by atoms with Gasteiger partial charge in [0.1, 0.15) is 16.7 Å². The molecule has 1 amide bonds. The first-order valence-electron chi connectivity index (χ1n) is 8.53. The summed E-state index contributed by atoms with van der Waals surface area (Å²) < 4.78 is 6.69. The summed E-state index contributed by atoms with van der Waals surface area (Å²) in [5, 5.41) is 2.38. The average Bonchev–Trinajstić information content (AvgIpc) is 2.94. The zero-order valence-corrected chi connectivity index (χ0v) is 16.3. The first-order chi connectivity index (χ1) is 13.1. The van der Waals surface area contributed by atoms with E-state index in [9.17, 15) is 4.79 Å². The van der Waals surface area contributed by atoms with Gasteiger partial charge in [-0.15, -0.1) is 0 Å². The number of thiocarbonyl (C=S) groups is 1. The van der Waals surface area contributed by atoms with Gasteiger partial charge in [-0.05, 0) is 28.5 Å². The van der Waals surface area contributed by atoms with Crippen molar-refractivity contribution >= 4 is 51.1 Å². The van der Waals surface area contributed by atoms with Crippen LogP contribution in [-0.4, -0.2) is 22.2 Å². The number of likely N-dealkylation sites (N-methyl/N-ethyl adjacent to an activating group) is 1. The molecule has 0 aliphatic carbocycles. The molecule has 1 aliphatic rings. The van der Waals surface area contributed by atoms with Crippen molar-refractivity contribution in [3.63, 3.8) is 0 Å². The number of para-hydroxylation sites is 1. The molecule has 0 N–H and O–H groups in total. The molecule has 0 unspecified atom stereocenters. The van der Waals surface area contributed by atoms with Gasteiger partial charge < -0.3 is 4.74 Å². The molecule has 3 aromatic carbocycles. The smallest absolute Gasteiger partial charge is 0.265 e. The lowest BCUT2D eigenvalue weighted by molar-refractivity contribution is -0.121. The van der Waals surface area contributed by atoms with Crippen LogP contribution in [0.25, 0.3) is 16.8 Å². The summed E-state index contributed by atoms with van der Waals surface area (Å²) >= 11 is 6.52. The number of rotatable bonds is 4. The van der Waals surface area contributed by atoms with Crippen LogP contribution in [0.2, 0.25) is 0 Å².